The average molecular weight is 576 g/mol. The van der Waals surface area contributed by atoms with Gasteiger partial charge in [-0.2, -0.15) is 0 Å². The van der Waals surface area contributed by atoms with E-state index in [2.05, 4.69) is 17.1 Å². The van der Waals surface area contributed by atoms with Crippen LogP contribution in [0.4, 0.5) is 0 Å². The van der Waals surface area contributed by atoms with E-state index >= 15 is 0 Å². The summed E-state index contributed by atoms with van der Waals surface area (Å²) in [6.07, 6.45) is 2.22. The molecule has 1 unspecified atom stereocenters. The Morgan fingerprint density at radius 2 is 1.73 bits per heavy atom. The van der Waals surface area contributed by atoms with E-state index in [1.165, 1.54) is 0 Å². The van der Waals surface area contributed by atoms with E-state index in [4.69, 9.17) is 23.9 Å². The highest BCUT2D eigenvalue weighted by Gasteiger charge is 2.30. The van der Waals surface area contributed by atoms with Crippen molar-refractivity contribution in [2.75, 3.05) is 67.2 Å². The average Bonchev–Trinajstić information content (AvgIpc) is 3.38. The van der Waals surface area contributed by atoms with Gasteiger partial charge in [-0.15, -0.1) is 24.0 Å². The van der Waals surface area contributed by atoms with Gasteiger partial charge in [-0.1, -0.05) is 0 Å². The molecule has 2 aliphatic heterocycles. The van der Waals surface area contributed by atoms with Gasteiger partial charge in [0, 0.05) is 63.6 Å². The molecular weight excluding hydrogens is 539 g/mol. The van der Waals surface area contributed by atoms with Crippen LogP contribution in [-0.4, -0.2) is 95.0 Å². The van der Waals surface area contributed by atoms with Crippen LogP contribution in [0.3, 0.4) is 0 Å². The first-order valence-corrected chi connectivity index (χ1v) is 11.3. The fraction of sp³-hybridized carbons (Fsp3) is 0.652. The predicted octanol–water partition coefficient (Wildman–Crippen LogP) is 2.16. The predicted molar refractivity (Wildman–Crippen MR) is 138 cm³/mol. The molecule has 1 N–H and O–H groups in total. The lowest BCUT2D eigenvalue weighted by Crippen LogP contribution is -2.55. The summed E-state index contributed by atoms with van der Waals surface area (Å²) in [4.78, 5) is 21.6. The zero-order valence-corrected chi connectivity index (χ0v) is 22.4. The van der Waals surface area contributed by atoms with Crippen molar-refractivity contribution in [3.05, 3.63) is 17.7 Å². The van der Waals surface area contributed by atoms with Crippen molar-refractivity contribution in [1.82, 2.24) is 15.1 Å². The Morgan fingerprint density at radius 1 is 1.09 bits per heavy atom. The van der Waals surface area contributed by atoms with Crippen LogP contribution >= 0.6 is 24.0 Å². The minimum absolute atomic E-state index is 0. The van der Waals surface area contributed by atoms with Gasteiger partial charge >= 0.3 is 0 Å². The van der Waals surface area contributed by atoms with Gasteiger partial charge in [0.2, 0.25) is 0 Å². The Labute approximate surface area is 213 Å². The highest BCUT2D eigenvalue weighted by atomic mass is 127. The molecule has 2 saturated heterocycles. The summed E-state index contributed by atoms with van der Waals surface area (Å²) in [7, 11) is 4.90. The van der Waals surface area contributed by atoms with Crippen molar-refractivity contribution >= 4 is 35.8 Å². The summed E-state index contributed by atoms with van der Waals surface area (Å²) in [5, 5.41) is 3.38. The first-order chi connectivity index (χ1) is 15.6. The fourth-order valence-electron chi connectivity index (χ4n) is 4.14. The fourth-order valence-corrected chi connectivity index (χ4v) is 4.14. The van der Waals surface area contributed by atoms with E-state index in [1.807, 2.05) is 17.0 Å². The molecule has 0 radical (unpaired) electrons. The zero-order valence-electron chi connectivity index (χ0n) is 20.1. The van der Waals surface area contributed by atoms with E-state index < -0.39 is 0 Å². The van der Waals surface area contributed by atoms with Crippen LogP contribution in [-0.2, 0) is 16.0 Å². The molecule has 0 bridgehead atoms. The van der Waals surface area contributed by atoms with E-state index in [0.717, 1.165) is 55.5 Å². The molecule has 1 atom stereocenters. The molecule has 186 valence electrons. The Kier molecular flexibility index (Phi) is 11.3. The van der Waals surface area contributed by atoms with Crippen molar-refractivity contribution in [1.29, 1.82) is 0 Å². The number of halogens is 1. The van der Waals surface area contributed by atoms with Crippen molar-refractivity contribution in [3.8, 4) is 17.2 Å². The maximum Gasteiger partial charge on any atom is 0.251 e. The summed E-state index contributed by atoms with van der Waals surface area (Å²) in [5.74, 6) is 3.13. The van der Waals surface area contributed by atoms with E-state index in [9.17, 15) is 4.79 Å². The summed E-state index contributed by atoms with van der Waals surface area (Å²) in [6.45, 7) is 6.98. The Bertz CT molecular complexity index is 768. The number of nitrogens with zero attached hydrogens (tertiary/aromatic N) is 3. The molecule has 1 aromatic rings. The van der Waals surface area contributed by atoms with Crippen LogP contribution in [0.2, 0.25) is 0 Å². The number of carbonyl (C=O) groups excluding carboxylic acids is 1. The third-order valence-corrected chi connectivity index (χ3v) is 5.87. The molecule has 1 aromatic carbocycles. The number of methoxy groups -OCH3 is 3. The molecule has 2 aliphatic rings. The van der Waals surface area contributed by atoms with Crippen LogP contribution in [0.1, 0.15) is 25.3 Å². The van der Waals surface area contributed by atoms with Gasteiger partial charge in [-0.3, -0.25) is 9.79 Å². The van der Waals surface area contributed by atoms with E-state index in [0.29, 0.717) is 38.4 Å². The molecule has 0 aromatic heterocycles. The molecule has 0 saturated carbocycles. The lowest BCUT2D eigenvalue weighted by atomic mass is 10.1. The number of ether oxygens (including phenoxy) is 4. The highest BCUT2D eigenvalue weighted by molar-refractivity contribution is 14.0. The number of aliphatic imine (C=N–C) groups is 1. The van der Waals surface area contributed by atoms with Gasteiger partial charge in [-0.05, 0) is 26.2 Å². The van der Waals surface area contributed by atoms with Crippen LogP contribution in [0, 0.1) is 0 Å². The minimum Gasteiger partial charge on any atom is -0.496 e. The van der Waals surface area contributed by atoms with Gasteiger partial charge < -0.3 is 34.1 Å². The normalized spacial score (nSPS) is 18.5. The Morgan fingerprint density at radius 3 is 2.24 bits per heavy atom. The smallest absolute Gasteiger partial charge is 0.251 e. The van der Waals surface area contributed by atoms with Crippen LogP contribution in [0.25, 0.3) is 0 Å². The molecule has 2 heterocycles. The second-order valence-electron chi connectivity index (χ2n) is 7.81. The topological polar surface area (TPSA) is 84.9 Å². The SMILES string of the molecule is CCNC(=NCCc1c(OC)cc(OC)cc1OC)N1CCN(C(=O)C2CCCO2)CC1.I. The van der Waals surface area contributed by atoms with Gasteiger partial charge in [0.25, 0.3) is 5.91 Å². The molecule has 0 aliphatic carbocycles. The number of piperazine rings is 1. The number of guanidine groups is 1. The summed E-state index contributed by atoms with van der Waals surface area (Å²) >= 11 is 0. The van der Waals surface area contributed by atoms with Gasteiger partial charge in [-0.25, -0.2) is 0 Å². The van der Waals surface area contributed by atoms with E-state index in [1.54, 1.807) is 21.3 Å². The van der Waals surface area contributed by atoms with Crippen molar-refractivity contribution in [2.45, 2.75) is 32.3 Å². The van der Waals surface area contributed by atoms with E-state index in [-0.39, 0.29) is 36.0 Å². The lowest BCUT2D eigenvalue weighted by molar-refractivity contribution is -0.142. The summed E-state index contributed by atoms with van der Waals surface area (Å²) in [5.41, 5.74) is 0.961. The molecule has 2 fully saturated rings. The van der Waals surface area contributed by atoms with Crippen LogP contribution in [0.5, 0.6) is 17.2 Å². The summed E-state index contributed by atoms with van der Waals surface area (Å²) < 4.78 is 22.0. The molecule has 1 amide bonds. The third-order valence-electron chi connectivity index (χ3n) is 5.87. The van der Waals surface area contributed by atoms with Crippen LogP contribution < -0.4 is 19.5 Å². The molecule has 10 heteroatoms. The largest absolute Gasteiger partial charge is 0.496 e. The van der Waals surface area contributed by atoms with Gasteiger partial charge in [0.15, 0.2) is 5.96 Å². The number of benzene rings is 1. The molecule has 33 heavy (non-hydrogen) atoms. The quantitative estimate of drug-likeness (QED) is 0.289. The Balaban J connectivity index is 0.00000385. The molecular formula is C23H37IN4O5. The molecule has 0 spiro atoms. The van der Waals surface area contributed by atoms with Crippen molar-refractivity contribution in [2.24, 2.45) is 4.99 Å². The number of nitrogens with one attached hydrogen (secondary N) is 1. The Hall–Kier alpha value is -1.95. The maximum atomic E-state index is 12.6. The minimum atomic E-state index is -0.252. The second kappa shape index (κ2) is 13.7. The lowest BCUT2D eigenvalue weighted by Gasteiger charge is -2.37. The zero-order chi connectivity index (χ0) is 22.9. The first-order valence-electron chi connectivity index (χ1n) is 11.3. The third kappa shape index (κ3) is 7.02. The number of hydrogen-bond acceptors (Lipinski definition) is 6. The standard InChI is InChI=1S/C23H36N4O5.HI/c1-5-24-23(27-12-10-26(11-13-27)22(28)19-7-6-14-32-19)25-9-8-18-20(30-3)15-17(29-2)16-21(18)31-4;/h15-16,19H,5-14H2,1-4H3,(H,24,25);1H. The monoisotopic (exact) mass is 576 g/mol. The second-order valence-corrected chi connectivity index (χ2v) is 7.81. The highest BCUT2D eigenvalue weighted by Crippen LogP contribution is 2.34. The van der Waals surface area contributed by atoms with Crippen molar-refractivity contribution < 1.29 is 23.7 Å². The number of carbonyl (C=O) groups is 1. The molecule has 9 nitrogen and oxygen atoms in total. The van der Waals surface area contributed by atoms with Crippen LogP contribution in [0.15, 0.2) is 17.1 Å². The van der Waals surface area contributed by atoms with Gasteiger partial charge in [0.05, 0.1) is 21.3 Å². The van der Waals surface area contributed by atoms with Crippen molar-refractivity contribution in [3.63, 3.8) is 0 Å². The van der Waals surface area contributed by atoms with Gasteiger partial charge in [0.1, 0.15) is 23.4 Å². The maximum absolute atomic E-state index is 12.6. The summed E-state index contributed by atoms with van der Waals surface area (Å²) in [6, 6.07) is 3.72. The number of hydrogen-bond donors (Lipinski definition) is 1. The number of rotatable bonds is 8. The molecule has 3 rings (SSSR count). The first kappa shape index (κ1) is 27.3. The number of amides is 1.